The highest BCUT2D eigenvalue weighted by Gasteiger charge is 2.08. The fraction of sp³-hybridized carbons (Fsp3) is 1.00. The third kappa shape index (κ3) is 29.7. The van der Waals surface area contributed by atoms with Crippen molar-refractivity contribution in [2.75, 3.05) is 92.5 Å². The lowest BCUT2D eigenvalue weighted by atomic mass is 10.1. The lowest BCUT2D eigenvalue weighted by molar-refractivity contribution is -0.348. The van der Waals surface area contributed by atoms with Crippen molar-refractivity contribution in [2.24, 2.45) is 0 Å². The normalized spacial score (nSPS) is 12.4. The Kier molecular flexibility index (Phi) is 31.3. The van der Waals surface area contributed by atoms with Crippen LogP contribution >= 0.6 is 0 Å². The average Bonchev–Trinajstić information content (AvgIpc) is 2.87. The van der Waals surface area contributed by atoms with Gasteiger partial charge in [-0.1, -0.05) is 51.9 Å². The van der Waals surface area contributed by atoms with Gasteiger partial charge in [-0.3, -0.25) is 0 Å². The monoisotopic (exact) mass is 512 g/mol. The van der Waals surface area contributed by atoms with E-state index in [1.807, 2.05) is 0 Å². The van der Waals surface area contributed by atoms with Crippen molar-refractivity contribution in [1.82, 2.24) is 0 Å². The van der Waals surface area contributed by atoms with Crippen LogP contribution in [0.3, 0.4) is 0 Å². The number of aliphatic hydroxyl groups is 1. The summed E-state index contributed by atoms with van der Waals surface area (Å²) in [5.41, 5.74) is 0. The number of hydrogen-bond acceptors (Lipinski definition) is 10. The Morgan fingerprint density at radius 3 is 1.26 bits per heavy atom. The summed E-state index contributed by atoms with van der Waals surface area (Å²) < 4.78 is 37.6. The molecule has 0 aromatic heterocycles. The van der Waals surface area contributed by atoms with E-state index < -0.39 is 6.29 Å². The maximum absolute atomic E-state index is 8.96. The molecule has 0 amide bonds. The second-order valence-corrected chi connectivity index (χ2v) is 8.07. The highest BCUT2D eigenvalue weighted by molar-refractivity contribution is 4.49. The van der Waals surface area contributed by atoms with Crippen molar-refractivity contribution in [1.29, 1.82) is 0 Å². The molecule has 2 N–H and O–H groups in total. The molecule has 0 heterocycles. The second kappa shape index (κ2) is 31.6. The standard InChI is InChI=1S/C25H52O10/c1-2-3-4-5-6-7-8-9-10-25(35-27)34-24-23-33-22-21-32-20-19-31-18-17-30-16-15-29-14-13-28-12-11-26/h25-27H,2-24H2,1H3. The third-order valence-corrected chi connectivity index (χ3v) is 5.04. The van der Waals surface area contributed by atoms with Gasteiger partial charge in [0.25, 0.3) is 0 Å². The Labute approximate surface area is 212 Å². The van der Waals surface area contributed by atoms with Crippen LogP contribution in [0.1, 0.15) is 64.7 Å². The summed E-state index contributed by atoms with van der Waals surface area (Å²) in [5, 5.41) is 17.5. The number of aliphatic hydroxyl groups excluding tert-OH is 1. The van der Waals surface area contributed by atoms with Crippen molar-refractivity contribution >= 4 is 0 Å². The van der Waals surface area contributed by atoms with Crippen LogP contribution in [0.25, 0.3) is 0 Å². The van der Waals surface area contributed by atoms with E-state index in [4.69, 9.17) is 43.5 Å². The quantitative estimate of drug-likeness (QED) is 0.0619. The molecule has 0 spiro atoms. The molecule has 1 atom stereocenters. The zero-order valence-electron chi connectivity index (χ0n) is 22.0. The average molecular weight is 513 g/mol. The summed E-state index contributed by atoms with van der Waals surface area (Å²) in [6, 6.07) is 0. The molecule has 0 aromatic rings. The molecule has 0 aliphatic heterocycles. The van der Waals surface area contributed by atoms with Crippen molar-refractivity contribution in [3.63, 3.8) is 0 Å². The summed E-state index contributed by atoms with van der Waals surface area (Å²) in [4.78, 5) is 4.41. The molecule has 0 bridgehead atoms. The SMILES string of the molecule is CCCCCCCCCCC(OO)OCCOCCOCCOCCOCCOCCOCCO. The molecule has 0 rings (SSSR count). The van der Waals surface area contributed by atoms with Gasteiger partial charge in [-0.2, -0.15) is 0 Å². The fourth-order valence-corrected chi connectivity index (χ4v) is 3.12. The van der Waals surface area contributed by atoms with E-state index in [0.717, 1.165) is 12.8 Å². The Morgan fingerprint density at radius 2 is 0.857 bits per heavy atom. The number of hydrogen-bond donors (Lipinski definition) is 2. The molecule has 1 unspecified atom stereocenters. The molecule has 0 fully saturated rings. The molecule has 0 aromatic carbocycles. The molecule has 0 saturated carbocycles. The predicted molar refractivity (Wildman–Crippen MR) is 133 cm³/mol. The molecule has 212 valence electrons. The molecule has 0 saturated heterocycles. The van der Waals surface area contributed by atoms with Gasteiger partial charge in [0.1, 0.15) is 0 Å². The van der Waals surface area contributed by atoms with E-state index in [1.165, 1.54) is 38.5 Å². The highest BCUT2D eigenvalue weighted by atomic mass is 17.1. The molecule has 10 nitrogen and oxygen atoms in total. The fourth-order valence-electron chi connectivity index (χ4n) is 3.12. The van der Waals surface area contributed by atoms with Crippen molar-refractivity contribution in [2.45, 2.75) is 71.0 Å². The zero-order valence-corrected chi connectivity index (χ0v) is 22.0. The smallest absolute Gasteiger partial charge is 0.191 e. The summed E-state index contributed by atoms with van der Waals surface area (Å²) in [5.74, 6) is 0. The molecular weight excluding hydrogens is 460 g/mol. The lowest BCUT2D eigenvalue weighted by Gasteiger charge is -2.14. The lowest BCUT2D eigenvalue weighted by Crippen LogP contribution is -2.19. The molecule has 35 heavy (non-hydrogen) atoms. The summed E-state index contributed by atoms with van der Waals surface area (Å²) in [6.07, 6.45) is 9.99. The van der Waals surface area contributed by atoms with Crippen LogP contribution in [0.15, 0.2) is 0 Å². The van der Waals surface area contributed by atoms with Gasteiger partial charge >= 0.3 is 0 Å². The van der Waals surface area contributed by atoms with E-state index >= 15 is 0 Å². The number of ether oxygens (including phenoxy) is 7. The van der Waals surface area contributed by atoms with Gasteiger partial charge in [0.2, 0.25) is 0 Å². The van der Waals surface area contributed by atoms with Gasteiger partial charge in [-0.05, 0) is 6.42 Å². The van der Waals surface area contributed by atoms with Crippen LogP contribution in [0.5, 0.6) is 0 Å². The Balaban J connectivity index is 3.20. The minimum Gasteiger partial charge on any atom is -0.394 e. The largest absolute Gasteiger partial charge is 0.394 e. The minimum absolute atomic E-state index is 0.0273. The minimum atomic E-state index is -0.583. The Bertz CT molecular complexity index is 376. The van der Waals surface area contributed by atoms with E-state index in [0.29, 0.717) is 92.3 Å². The molecular formula is C25H52O10. The van der Waals surface area contributed by atoms with Crippen LogP contribution in [0, 0.1) is 0 Å². The number of rotatable bonds is 31. The first-order valence-corrected chi connectivity index (χ1v) is 13.3. The van der Waals surface area contributed by atoms with Crippen LogP contribution in [-0.4, -0.2) is 109 Å². The van der Waals surface area contributed by atoms with Crippen LogP contribution < -0.4 is 0 Å². The van der Waals surface area contributed by atoms with Gasteiger partial charge in [0, 0.05) is 6.42 Å². The first kappa shape index (κ1) is 34.6. The van der Waals surface area contributed by atoms with E-state index in [-0.39, 0.29) is 6.61 Å². The van der Waals surface area contributed by atoms with Crippen molar-refractivity contribution in [3.8, 4) is 0 Å². The van der Waals surface area contributed by atoms with Gasteiger partial charge in [-0.25, -0.2) is 10.1 Å². The first-order chi connectivity index (χ1) is 17.3. The Hall–Kier alpha value is -0.400. The highest BCUT2D eigenvalue weighted by Crippen LogP contribution is 2.12. The molecule has 0 aliphatic rings. The summed E-state index contributed by atoms with van der Waals surface area (Å²) in [7, 11) is 0. The van der Waals surface area contributed by atoms with Gasteiger partial charge in [0.05, 0.1) is 92.5 Å². The topological polar surface area (TPSA) is 114 Å². The molecule has 10 heteroatoms. The maximum atomic E-state index is 8.96. The van der Waals surface area contributed by atoms with Gasteiger partial charge in [0.15, 0.2) is 6.29 Å². The second-order valence-electron chi connectivity index (χ2n) is 8.07. The van der Waals surface area contributed by atoms with E-state index in [2.05, 4.69) is 11.8 Å². The van der Waals surface area contributed by atoms with Crippen molar-refractivity contribution < 1.29 is 48.4 Å². The molecule has 0 radical (unpaired) electrons. The van der Waals surface area contributed by atoms with Crippen molar-refractivity contribution in [3.05, 3.63) is 0 Å². The summed E-state index contributed by atoms with van der Waals surface area (Å²) in [6.45, 7) is 8.32. The Morgan fingerprint density at radius 1 is 0.486 bits per heavy atom. The van der Waals surface area contributed by atoms with Gasteiger partial charge < -0.3 is 38.3 Å². The van der Waals surface area contributed by atoms with Gasteiger partial charge in [-0.15, -0.1) is 0 Å². The molecule has 0 aliphatic carbocycles. The van der Waals surface area contributed by atoms with E-state index in [9.17, 15) is 0 Å². The van der Waals surface area contributed by atoms with Crippen LogP contribution in [0.2, 0.25) is 0 Å². The first-order valence-electron chi connectivity index (χ1n) is 13.3. The van der Waals surface area contributed by atoms with Crippen LogP contribution in [-0.2, 0) is 38.0 Å². The maximum Gasteiger partial charge on any atom is 0.191 e. The third-order valence-electron chi connectivity index (χ3n) is 5.04. The van der Waals surface area contributed by atoms with Crippen LogP contribution in [0.4, 0.5) is 0 Å². The summed E-state index contributed by atoms with van der Waals surface area (Å²) >= 11 is 0. The number of unbranched alkanes of at least 4 members (excludes halogenated alkanes) is 7. The van der Waals surface area contributed by atoms with E-state index in [1.54, 1.807) is 0 Å². The predicted octanol–water partition coefficient (Wildman–Crippen LogP) is 3.44. The zero-order chi connectivity index (χ0) is 25.5.